The van der Waals surface area contributed by atoms with Gasteiger partial charge in [-0.3, -0.25) is 14.9 Å². The number of nitro groups is 1. The highest BCUT2D eigenvalue weighted by Gasteiger charge is 2.47. The van der Waals surface area contributed by atoms with Crippen LogP contribution in [0.2, 0.25) is 0 Å². The molecule has 3 fully saturated rings. The highest BCUT2D eigenvalue weighted by molar-refractivity contribution is 5.91. The number of aromatic amines is 1. The first-order valence-electron chi connectivity index (χ1n) is 11.9. The second kappa shape index (κ2) is 8.51. The molecule has 36 heavy (non-hydrogen) atoms. The molecule has 0 aliphatic heterocycles. The third-order valence-electron chi connectivity index (χ3n) is 7.66. The third-order valence-corrected chi connectivity index (χ3v) is 7.66. The van der Waals surface area contributed by atoms with Crippen molar-refractivity contribution in [2.75, 3.05) is 0 Å². The van der Waals surface area contributed by atoms with Crippen LogP contribution in [0.1, 0.15) is 31.4 Å². The summed E-state index contributed by atoms with van der Waals surface area (Å²) < 4.78 is 19.4. The van der Waals surface area contributed by atoms with E-state index in [0.717, 1.165) is 31.9 Å². The van der Waals surface area contributed by atoms with Gasteiger partial charge in [0.05, 0.1) is 18.2 Å². The Morgan fingerprint density at radius 2 is 1.97 bits per heavy atom. The Morgan fingerprint density at radius 3 is 2.69 bits per heavy atom. The molecule has 3 aliphatic carbocycles. The van der Waals surface area contributed by atoms with Gasteiger partial charge in [-0.25, -0.2) is 19.3 Å². The van der Waals surface area contributed by atoms with Crippen LogP contribution in [-0.4, -0.2) is 35.9 Å². The molecule has 0 saturated heterocycles. The van der Waals surface area contributed by atoms with Gasteiger partial charge in [0, 0.05) is 22.8 Å². The summed E-state index contributed by atoms with van der Waals surface area (Å²) in [5.41, 5.74) is 1.92. The van der Waals surface area contributed by atoms with E-state index in [-0.39, 0.29) is 23.4 Å². The fraction of sp³-hybridized carbons (Fsp3) is 0.360. The number of nitrogens with zero attached hydrogens (tertiary/aromatic N) is 4. The number of carboxylic acids is 1. The van der Waals surface area contributed by atoms with E-state index in [1.54, 1.807) is 12.3 Å². The molecule has 4 aromatic heterocycles. The van der Waals surface area contributed by atoms with Crippen molar-refractivity contribution >= 4 is 22.9 Å². The maximum Gasteiger partial charge on any atom is 0.433 e. The van der Waals surface area contributed by atoms with Gasteiger partial charge in [0.1, 0.15) is 22.1 Å². The molecule has 7 rings (SSSR count). The van der Waals surface area contributed by atoms with E-state index in [0.29, 0.717) is 40.3 Å². The number of carbonyl (C=O) groups is 1. The summed E-state index contributed by atoms with van der Waals surface area (Å²) in [6.45, 7) is 0. The first-order valence-corrected chi connectivity index (χ1v) is 11.9. The van der Waals surface area contributed by atoms with Gasteiger partial charge in [-0.1, -0.05) is 0 Å². The van der Waals surface area contributed by atoms with Crippen LogP contribution in [0.15, 0.2) is 41.1 Å². The van der Waals surface area contributed by atoms with Crippen molar-refractivity contribution in [1.82, 2.24) is 19.9 Å². The van der Waals surface area contributed by atoms with Gasteiger partial charge in [0.15, 0.2) is 11.6 Å². The highest BCUT2D eigenvalue weighted by atomic mass is 19.1. The molecule has 11 heteroatoms. The van der Waals surface area contributed by atoms with Crippen LogP contribution < -0.4 is 0 Å². The van der Waals surface area contributed by atoms with Crippen molar-refractivity contribution in [3.8, 4) is 22.8 Å². The smallest absolute Gasteiger partial charge is 0.433 e. The summed E-state index contributed by atoms with van der Waals surface area (Å²) in [5, 5.41) is 21.6. The van der Waals surface area contributed by atoms with E-state index < -0.39 is 28.5 Å². The zero-order valence-corrected chi connectivity index (χ0v) is 19.1. The number of pyridine rings is 1. The van der Waals surface area contributed by atoms with Crippen LogP contribution in [0.5, 0.6) is 0 Å². The molecule has 3 aliphatic rings. The number of aromatic nitrogens is 4. The summed E-state index contributed by atoms with van der Waals surface area (Å²) in [6, 6.07) is 5.75. The molecule has 0 aromatic carbocycles. The predicted octanol–water partition coefficient (Wildman–Crippen LogP) is 5.01. The number of halogens is 1. The number of carboxylic acid groups (broad SMARTS) is 1. The fourth-order valence-corrected chi connectivity index (χ4v) is 6.07. The van der Waals surface area contributed by atoms with Gasteiger partial charge in [0.25, 0.3) is 0 Å². The SMILES string of the molecule is O=C(O)C1C2CCC(CC2)C1Cc1cc(-c2ccc([N+](=O)[O-])o2)nc(-c2c[nH]c3ncc(F)cc23)n1. The van der Waals surface area contributed by atoms with E-state index in [4.69, 9.17) is 9.40 Å². The van der Waals surface area contributed by atoms with E-state index in [9.17, 15) is 24.4 Å². The van der Waals surface area contributed by atoms with Crippen molar-refractivity contribution in [1.29, 1.82) is 0 Å². The highest BCUT2D eigenvalue weighted by Crippen LogP contribution is 2.50. The van der Waals surface area contributed by atoms with Crippen LogP contribution in [0.3, 0.4) is 0 Å². The number of rotatable bonds is 6. The molecule has 184 valence electrons. The summed E-state index contributed by atoms with van der Waals surface area (Å²) >= 11 is 0. The quantitative estimate of drug-likeness (QED) is 0.283. The van der Waals surface area contributed by atoms with Crippen molar-refractivity contribution in [2.45, 2.75) is 32.1 Å². The maximum atomic E-state index is 14.0. The largest absolute Gasteiger partial charge is 0.481 e. The summed E-state index contributed by atoms with van der Waals surface area (Å²) in [7, 11) is 0. The van der Waals surface area contributed by atoms with E-state index in [1.807, 2.05) is 0 Å². The topological polar surface area (TPSA) is 148 Å². The average molecular weight is 491 g/mol. The van der Waals surface area contributed by atoms with Crippen LogP contribution in [0, 0.1) is 39.6 Å². The number of furan rings is 1. The van der Waals surface area contributed by atoms with Gasteiger partial charge >= 0.3 is 11.9 Å². The summed E-state index contributed by atoms with van der Waals surface area (Å²) in [5.74, 6) is -1.28. The number of hydrogen-bond acceptors (Lipinski definition) is 7. The molecule has 2 bridgehead atoms. The maximum absolute atomic E-state index is 14.0. The molecule has 10 nitrogen and oxygen atoms in total. The third kappa shape index (κ3) is 3.80. The lowest BCUT2D eigenvalue weighted by Crippen LogP contribution is -2.45. The molecule has 4 aromatic rings. The molecule has 0 spiro atoms. The molecule has 2 N–H and O–H groups in total. The van der Waals surface area contributed by atoms with Crippen molar-refractivity contribution in [3.05, 3.63) is 58.3 Å². The first-order chi connectivity index (χ1) is 17.4. The average Bonchev–Trinajstić information content (AvgIpc) is 3.52. The predicted molar refractivity (Wildman–Crippen MR) is 125 cm³/mol. The van der Waals surface area contributed by atoms with Gasteiger partial charge in [-0.05, 0) is 68.1 Å². The Kier molecular flexibility index (Phi) is 5.27. The normalized spacial score (nSPS) is 23.2. The minimum absolute atomic E-state index is 0.0707. The fourth-order valence-electron chi connectivity index (χ4n) is 6.07. The first kappa shape index (κ1) is 22.3. The Morgan fingerprint density at radius 1 is 1.19 bits per heavy atom. The lowest BCUT2D eigenvalue weighted by Gasteiger charge is -2.46. The molecule has 2 atom stereocenters. The van der Waals surface area contributed by atoms with E-state index in [1.165, 1.54) is 18.2 Å². The summed E-state index contributed by atoms with van der Waals surface area (Å²) in [6.07, 6.45) is 7.04. The van der Waals surface area contributed by atoms with Gasteiger partial charge in [-0.2, -0.15) is 0 Å². The molecule has 0 radical (unpaired) electrons. The number of nitrogens with one attached hydrogen (secondary N) is 1. The molecular formula is C25H22FN5O5. The Hall–Kier alpha value is -4.15. The van der Waals surface area contributed by atoms with E-state index >= 15 is 0 Å². The molecule has 2 unspecified atom stereocenters. The number of aliphatic carboxylic acids is 1. The molecular weight excluding hydrogens is 469 g/mol. The second-order valence-electron chi connectivity index (χ2n) is 9.62. The van der Waals surface area contributed by atoms with Crippen molar-refractivity contribution in [3.63, 3.8) is 0 Å². The Labute approximate surface area is 203 Å². The molecule has 4 heterocycles. The Balaban J connectivity index is 1.46. The standard InChI is InChI=1S/C25H22FN5O5/c26-14-7-17-18(11-28-23(17)27-10-14)24-29-15(9-19(30-24)20-5-6-21(36-20)31(34)35)8-16-12-1-3-13(4-2-12)22(16)25(32)33/h5-7,9-13,16,22H,1-4,8H2,(H,27,28)(H,32,33). The van der Waals surface area contributed by atoms with Crippen LogP contribution in [0.4, 0.5) is 10.3 Å². The summed E-state index contributed by atoms with van der Waals surface area (Å²) in [4.78, 5) is 39.1. The Bertz CT molecular complexity index is 1490. The van der Waals surface area contributed by atoms with Gasteiger partial charge in [0.2, 0.25) is 0 Å². The second-order valence-corrected chi connectivity index (χ2v) is 9.62. The van der Waals surface area contributed by atoms with Crippen LogP contribution >= 0.6 is 0 Å². The lowest BCUT2D eigenvalue weighted by atomic mass is 9.57. The van der Waals surface area contributed by atoms with Crippen molar-refractivity contribution in [2.24, 2.45) is 23.7 Å². The monoisotopic (exact) mass is 491 g/mol. The van der Waals surface area contributed by atoms with E-state index in [2.05, 4.69) is 15.0 Å². The minimum Gasteiger partial charge on any atom is -0.481 e. The van der Waals surface area contributed by atoms with Crippen LogP contribution in [-0.2, 0) is 11.2 Å². The van der Waals surface area contributed by atoms with Gasteiger partial charge < -0.3 is 14.5 Å². The molecule has 0 amide bonds. The number of fused-ring (bicyclic) bond motifs is 4. The zero-order chi connectivity index (χ0) is 25.0. The number of H-pyrrole nitrogens is 1. The van der Waals surface area contributed by atoms with Gasteiger partial charge in [-0.15, -0.1) is 0 Å². The molecule has 3 saturated carbocycles. The number of hydrogen-bond donors (Lipinski definition) is 2. The van der Waals surface area contributed by atoms with Crippen LogP contribution in [0.25, 0.3) is 33.9 Å². The van der Waals surface area contributed by atoms with Crippen molar-refractivity contribution < 1.29 is 23.6 Å². The zero-order valence-electron chi connectivity index (χ0n) is 19.1. The minimum atomic E-state index is -0.774. The lowest BCUT2D eigenvalue weighted by molar-refractivity contribution is -0.401.